The van der Waals surface area contributed by atoms with Crippen molar-refractivity contribution in [2.75, 3.05) is 26.3 Å². The van der Waals surface area contributed by atoms with Crippen molar-refractivity contribution in [3.63, 3.8) is 0 Å². The van der Waals surface area contributed by atoms with Gasteiger partial charge in [0.2, 0.25) is 0 Å². The third-order valence-corrected chi connectivity index (χ3v) is 4.11. The fraction of sp³-hybridized carbons (Fsp3) is 0.818. The topological polar surface area (TPSA) is 21.7 Å². The van der Waals surface area contributed by atoms with Gasteiger partial charge in [-0.2, -0.15) is 0 Å². The van der Waals surface area contributed by atoms with Gasteiger partial charge in [-0.3, -0.25) is 0 Å². The minimum absolute atomic E-state index is 0.150. The fourth-order valence-corrected chi connectivity index (χ4v) is 2.45. The second-order valence-electron chi connectivity index (χ2n) is 3.19. The Morgan fingerprint density at radius 1 is 1.07 bits per heavy atom. The van der Waals surface area contributed by atoms with Crippen LogP contribution < -0.4 is 0 Å². The van der Waals surface area contributed by atoms with E-state index in [1.165, 1.54) is 0 Å². The number of rotatable bonds is 9. The molecule has 0 aliphatic rings. The molecule has 0 aromatic carbocycles. The molecule has 0 unspecified atom stereocenters. The minimum atomic E-state index is -0.259. The Labute approximate surface area is 96.3 Å². The summed E-state index contributed by atoms with van der Waals surface area (Å²) in [6.45, 7) is 12.1. The highest BCUT2D eigenvalue weighted by Crippen LogP contribution is 1.97. The van der Waals surface area contributed by atoms with E-state index in [-0.39, 0.29) is 16.0 Å². The van der Waals surface area contributed by atoms with Crippen LogP contribution in [-0.4, -0.2) is 46.8 Å². The summed E-state index contributed by atoms with van der Waals surface area (Å²) in [4.78, 5) is 0. The van der Waals surface area contributed by atoms with Crippen molar-refractivity contribution >= 4 is 9.68 Å². The van der Waals surface area contributed by atoms with E-state index in [1.54, 1.807) is 0 Å². The Bertz CT molecular complexity index is 155. The minimum Gasteiger partial charge on any atom is -0.349 e. The molecule has 0 spiro atoms. The summed E-state index contributed by atoms with van der Waals surface area (Å²) in [7, 11) is -0.259. The van der Waals surface area contributed by atoms with E-state index in [4.69, 9.17) is 9.47 Å². The molecule has 0 saturated carbocycles. The van der Waals surface area contributed by atoms with E-state index >= 15 is 0 Å². The van der Waals surface area contributed by atoms with E-state index in [1.807, 2.05) is 13.8 Å². The van der Waals surface area contributed by atoms with Gasteiger partial charge in [-0.1, -0.05) is 19.5 Å². The molecule has 0 amide bonds. The van der Waals surface area contributed by atoms with Crippen molar-refractivity contribution in [1.29, 1.82) is 0 Å². The Morgan fingerprint density at radius 3 is 2.00 bits per heavy atom. The first-order chi connectivity index (χ1) is 7.28. The quantitative estimate of drug-likeness (QED) is 0.441. The van der Waals surface area contributed by atoms with Crippen LogP contribution in [0.5, 0.6) is 0 Å². The molecule has 0 bridgehead atoms. The first-order valence-corrected chi connectivity index (χ1v) is 7.35. The van der Waals surface area contributed by atoms with Crippen LogP contribution >= 0.6 is 0 Å². The zero-order valence-corrected chi connectivity index (χ0v) is 11.9. The molecule has 4 heteroatoms. The van der Waals surface area contributed by atoms with Crippen molar-refractivity contribution in [3.05, 3.63) is 11.8 Å². The number of hydrogen-bond acceptors (Lipinski definition) is 3. The molecule has 0 saturated heterocycles. The lowest BCUT2D eigenvalue weighted by molar-refractivity contribution is -0.103. The van der Waals surface area contributed by atoms with Gasteiger partial charge in [0.15, 0.2) is 6.29 Å². The zero-order chi connectivity index (χ0) is 11.5. The monoisotopic (exact) mass is 231 g/mol. The summed E-state index contributed by atoms with van der Waals surface area (Å²) in [5, 5.41) is 0. The van der Waals surface area contributed by atoms with Crippen LogP contribution in [0.4, 0.5) is 0 Å². The van der Waals surface area contributed by atoms with Crippen LogP contribution in [0, 0.1) is 0 Å². The van der Waals surface area contributed by atoms with E-state index in [0.29, 0.717) is 13.2 Å². The van der Waals surface area contributed by atoms with Crippen molar-refractivity contribution in [2.45, 2.75) is 34.0 Å². The molecule has 0 fully saturated rings. The van der Waals surface area contributed by atoms with Gasteiger partial charge in [-0.25, -0.2) is 0 Å². The van der Waals surface area contributed by atoms with E-state index in [0.717, 1.165) is 13.1 Å². The van der Waals surface area contributed by atoms with Crippen molar-refractivity contribution < 1.29 is 9.47 Å². The predicted octanol–water partition coefficient (Wildman–Crippen LogP) is 1.32. The molecule has 0 atom stereocenters. The molecule has 0 aliphatic carbocycles. The number of nitrogens with zero attached hydrogens (tertiary/aromatic N) is 1. The van der Waals surface area contributed by atoms with E-state index in [9.17, 15) is 0 Å². The van der Waals surface area contributed by atoms with Crippen molar-refractivity contribution in [1.82, 2.24) is 4.57 Å². The van der Waals surface area contributed by atoms with Crippen LogP contribution in [0.3, 0.4) is 0 Å². The lowest BCUT2D eigenvalue weighted by Gasteiger charge is -2.16. The van der Waals surface area contributed by atoms with Gasteiger partial charge in [0.1, 0.15) is 9.68 Å². The average molecular weight is 231 g/mol. The van der Waals surface area contributed by atoms with E-state index in [2.05, 4.69) is 30.2 Å². The first kappa shape index (κ1) is 14.8. The second kappa shape index (κ2) is 10.4. The summed E-state index contributed by atoms with van der Waals surface area (Å²) in [6, 6.07) is 0. The summed E-state index contributed by atoms with van der Waals surface area (Å²) < 4.78 is 13.3. The molecule has 15 heavy (non-hydrogen) atoms. The molecule has 3 nitrogen and oxygen atoms in total. The highest BCUT2D eigenvalue weighted by molar-refractivity contribution is 6.38. The third-order valence-electron chi connectivity index (χ3n) is 2.21. The lowest BCUT2D eigenvalue weighted by Crippen LogP contribution is -2.26. The predicted molar refractivity (Wildman–Crippen MR) is 67.6 cm³/mol. The Morgan fingerprint density at radius 2 is 1.60 bits per heavy atom. The van der Waals surface area contributed by atoms with Gasteiger partial charge in [-0.15, -0.1) is 0 Å². The maximum Gasteiger partial charge on any atom is 0.176 e. The first-order valence-electron chi connectivity index (χ1n) is 5.90. The second-order valence-corrected chi connectivity index (χ2v) is 4.92. The summed E-state index contributed by atoms with van der Waals surface area (Å²) in [5.41, 5.74) is 2.25. The Balaban J connectivity index is 3.86. The van der Waals surface area contributed by atoms with Crippen LogP contribution in [0.1, 0.15) is 27.7 Å². The van der Waals surface area contributed by atoms with E-state index < -0.39 is 0 Å². The van der Waals surface area contributed by atoms with Crippen LogP contribution in [0.25, 0.3) is 0 Å². The fourth-order valence-electron chi connectivity index (χ4n) is 1.29. The van der Waals surface area contributed by atoms with Crippen LogP contribution in [0.2, 0.25) is 0 Å². The maximum absolute atomic E-state index is 5.43. The number of hydrogen-bond donors (Lipinski definition) is 0. The van der Waals surface area contributed by atoms with Crippen LogP contribution in [-0.2, 0) is 9.47 Å². The van der Waals surface area contributed by atoms with Gasteiger partial charge in [0.25, 0.3) is 0 Å². The molecule has 0 heterocycles. The molecule has 0 aromatic rings. The van der Waals surface area contributed by atoms with Crippen LogP contribution in [0.15, 0.2) is 11.8 Å². The summed E-state index contributed by atoms with van der Waals surface area (Å²) >= 11 is 0. The average Bonchev–Trinajstić information content (AvgIpc) is 2.25. The number of ether oxygens (including phenoxy) is 2. The van der Waals surface area contributed by atoms with Gasteiger partial charge in [0.05, 0.1) is 0 Å². The molecule has 0 rings (SSSR count). The standard InChI is InChI=1S/C11H25NO2Si/c1-5-12(6-2)15-10-9-11(13-7-3)14-8-4/h9-11H,5-8,15H2,1-4H3. The smallest absolute Gasteiger partial charge is 0.176 e. The van der Waals surface area contributed by atoms with Gasteiger partial charge < -0.3 is 14.0 Å². The maximum atomic E-state index is 5.43. The highest BCUT2D eigenvalue weighted by atomic mass is 28.2. The highest BCUT2D eigenvalue weighted by Gasteiger charge is 2.02. The van der Waals surface area contributed by atoms with Gasteiger partial charge >= 0.3 is 0 Å². The molecule has 0 radical (unpaired) electrons. The summed E-state index contributed by atoms with van der Waals surface area (Å²) in [5.74, 6) is 0. The molecule has 0 N–H and O–H groups in total. The zero-order valence-electron chi connectivity index (χ0n) is 10.5. The normalized spacial score (nSPS) is 12.9. The van der Waals surface area contributed by atoms with Gasteiger partial charge in [-0.05, 0) is 33.0 Å². The summed E-state index contributed by atoms with van der Waals surface area (Å²) in [6.07, 6.45) is 1.90. The molecular weight excluding hydrogens is 206 g/mol. The molecular formula is C11H25NO2Si. The Kier molecular flexibility index (Phi) is 10.2. The molecule has 90 valence electrons. The van der Waals surface area contributed by atoms with Gasteiger partial charge in [0, 0.05) is 13.2 Å². The Hall–Kier alpha value is -0.163. The van der Waals surface area contributed by atoms with Crippen molar-refractivity contribution in [2.24, 2.45) is 0 Å². The third kappa shape index (κ3) is 7.73. The SMILES string of the molecule is CCOC(C=C[SiH2]N(CC)CC)OCC. The molecule has 0 aliphatic heterocycles. The lowest BCUT2D eigenvalue weighted by atomic mass is 10.6. The molecule has 0 aromatic heterocycles. The largest absolute Gasteiger partial charge is 0.349 e. The van der Waals surface area contributed by atoms with Crippen molar-refractivity contribution in [3.8, 4) is 0 Å².